The second kappa shape index (κ2) is 4.52. The lowest BCUT2D eigenvalue weighted by molar-refractivity contribution is 1.36. The molecule has 2 rings (SSSR count). The van der Waals surface area contributed by atoms with Crippen molar-refractivity contribution in [3.05, 3.63) is 42.1 Å². The van der Waals surface area contributed by atoms with Gasteiger partial charge in [0.25, 0.3) is 0 Å². The predicted molar refractivity (Wildman–Crippen MR) is 64.3 cm³/mol. The predicted octanol–water partition coefficient (Wildman–Crippen LogP) is 3.43. The summed E-state index contributed by atoms with van der Waals surface area (Å²) in [4.78, 5) is 4.30. The maximum Gasteiger partial charge on any atom is 0.0702 e. The minimum absolute atomic E-state index is 1.04. The monoisotopic (exact) mass is 203 g/mol. The van der Waals surface area contributed by atoms with E-state index in [1.807, 2.05) is 12.3 Å². The van der Waals surface area contributed by atoms with Gasteiger partial charge in [-0.3, -0.25) is 4.98 Å². The van der Waals surface area contributed by atoms with E-state index in [1.54, 1.807) is 0 Å². The Balaban J connectivity index is 2.32. The largest absolute Gasteiger partial charge is 0.256 e. The Labute approximate surface area is 86.3 Å². The molecule has 0 amide bonds. The average Bonchev–Trinajstić information content (AvgIpc) is 2.26. The van der Waals surface area contributed by atoms with Crippen molar-refractivity contribution >= 4 is 19.5 Å². The van der Waals surface area contributed by atoms with Crippen LogP contribution in [0.1, 0.15) is 12.5 Å². The summed E-state index contributed by atoms with van der Waals surface area (Å²) in [5, 5.41) is 1.26. The van der Waals surface area contributed by atoms with Crippen LogP contribution in [0.5, 0.6) is 0 Å². The topological polar surface area (TPSA) is 12.9 Å². The molecule has 14 heavy (non-hydrogen) atoms. The molecule has 0 radical (unpaired) electrons. The molecule has 1 heterocycles. The van der Waals surface area contributed by atoms with Crippen LogP contribution < -0.4 is 0 Å². The molecule has 0 saturated carbocycles. The second-order valence-corrected chi connectivity index (χ2v) is 4.87. The standard InChI is InChI=1S/C12H14NP/c1-2-14-9-10-5-6-12-11(8-10)4-3-7-13-12/h3-8,14H,2,9H2,1H3. The van der Waals surface area contributed by atoms with Crippen molar-refractivity contribution in [3.8, 4) is 0 Å². The van der Waals surface area contributed by atoms with Gasteiger partial charge in [0.1, 0.15) is 0 Å². The van der Waals surface area contributed by atoms with Crippen LogP contribution in [0, 0.1) is 0 Å². The van der Waals surface area contributed by atoms with Gasteiger partial charge in [-0.25, -0.2) is 0 Å². The summed E-state index contributed by atoms with van der Waals surface area (Å²) >= 11 is 0. The Kier molecular flexibility index (Phi) is 3.10. The van der Waals surface area contributed by atoms with Gasteiger partial charge in [0.2, 0.25) is 0 Å². The van der Waals surface area contributed by atoms with Crippen LogP contribution in [0.3, 0.4) is 0 Å². The fraction of sp³-hybridized carbons (Fsp3) is 0.250. The number of benzene rings is 1. The molecule has 2 heteroatoms. The van der Waals surface area contributed by atoms with E-state index in [4.69, 9.17) is 0 Å². The van der Waals surface area contributed by atoms with E-state index in [-0.39, 0.29) is 0 Å². The van der Waals surface area contributed by atoms with Gasteiger partial charge in [0, 0.05) is 11.6 Å². The van der Waals surface area contributed by atoms with Gasteiger partial charge >= 0.3 is 0 Å². The van der Waals surface area contributed by atoms with Crippen molar-refractivity contribution in [1.29, 1.82) is 0 Å². The Bertz CT molecular complexity index is 425. The van der Waals surface area contributed by atoms with E-state index in [0.717, 1.165) is 14.1 Å². The van der Waals surface area contributed by atoms with Crippen molar-refractivity contribution in [2.75, 3.05) is 6.16 Å². The van der Waals surface area contributed by atoms with E-state index in [0.29, 0.717) is 0 Å². The Morgan fingerprint density at radius 2 is 2.21 bits per heavy atom. The number of nitrogens with zero attached hydrogens (tertiary/aromatic N) is 1. The zero-order valence-corrected chi connectivity index (χ0v) is 9.33. The number of pyridine rings is 1. The van der Waals surface area contributed by atoms with Gasteiger partial charge in [-0.2, -0.15) is 0 Å². The normalized spacial score (nSPS) is 11.5. The lowest BCUT2D eigenvalue weighted by Crippen LogP contribution is -1.82. The quantitative estimate of drug-likeness (QED) is 0.696. The molecular formula is C12H14NP. The number of hydrogen-bond acceptors (Lipinski definition) is 1. The number of rotatable bonds is 3. The molecule has 0 spiro atoms. The maximum absolute atomic E-state index is 4.30. The van der Waals surface area contributed by atoms with E-state index < -0.39 is 0 Å². The van der Waals surface area contributed by atoms with E-state index >= 15 is 0 Å². The van der Waals surface area contributed by atoms with Crippen LogP contribution >= 0.6 is 8.58 Å². The fourth-order valence-corrected chi connectivity index (χ4v) is 2.26. The summed E-state index contributed by atoms with van der Waals surface area (Å²) in [5.41, 5.74) is 2.53. The minimum atomic E-state index is 1.04. The molecule has 0 aliphatic rings. The molecule has 0 fully saturated rings. The van der Waals surface area contributed by atoms with E-state index in [9.17, 15) is 0 Å². The molecule has 72 valence electrons. The van der Waals surface area contributed by atoms with Gasteiger partial charge in [0.05, 0.1) is 5.52 Å². The van der Waals surface area contributed by atoms with Crippen LogP contribution in [0.2, 0.25) is 0 Å². The highest BCUT2D eigenvalue weighted by atomic mass is 31.1. The fourth-order valence-electron chi connectivity index (χ4n) is 1.50. The average molecular weight is 203 g/mol. The summed E-state index contributed by atoms with van der Waals surface area (Å²) in [6, 6.07) is 10.7. The van der Waals surface area contributed by atoms with Crippen molar-refractivity contribution in [2.45, 2.75) is 13.1 Å². The molecule has 1 unspecified atom stereocenters. The third kappa shape index (κ3) is 2.10. The highest BCUT2D eigenvalue weighted by Gasteiger charge is 1.95. The lowest BCUT2D eigenvalue weighted by Gasteiger charge is -2.01. The van der Waals surface area contributed by atoms with Crippen LogP contribution in [-0.2, 0) is 6.16 Å². The number of aromatic nitrogens is 1. The van der Waals surface area contributed by atoms with Crippen molar-refractivity contribution in [1.82, 2.24) is 4.98 Å². The molecule has 2 aromatic rings. The Morgan fingerprint density at radius 1 is 1.29 bits per heavy atom. The van der Waals surface area contributed by atoms with Gasteiger partial charge in [-0.1, -0.05) is 19.1 Å². The van der Waals surface area contributed by atoms with E-state index in [1.165, 1.54) is 23.3 Å². The molecule has 0 bridgehead atoms. The lowest BCUT2D eigenvalue weighted by atomic mass is 10.1. The molecule has 0 N–H and O–H groups in total. The SMILES string of the molecule is CCPCc1ccc2ncccc2c1. The van der Waals surface area contributed by atoms with Crippen molar-refractivity contribution < 1.29 is 0 Å². The smallest absolute Gasteiger partial charge is 0.0702 e. The molecule has 0 saturated heterocycles. The summed E-state index contributed by atoms with van der Waals surface area (Å²) in [6.45, 7) is 2.24. The first kappa shape index (κ1) is 9.61. The van der Waals surface area contributed by atoms with Crippen molar-refractivity contribution in [3.63, 3.8) is 0 Å². The van der Waals surface area contributed by atoms with Gasteiger partial charge < -0.3 is 0 Å². The summed E-state index contributed by atoms with van der Waals surface area (Å²) in [6.07, 6.45) is 4.34. The van der Waals surface area contributed by atoms with Gasteiger partial charge in [-0.15, -0.1) is 8.58 Å². The molecule has 0 aliphatic heterocycles. The maximum atomic E-state index is 4.30. The second-order valence-electron chi connectivity index (χ2n) is 3.31. The zero-order chi connectivity index (χ0) is 9.80. The first-order chi connectivity index (χ1) is 6.90. The minimum Gasteiger partial charge on any atom is -0.256 e. The number of hydrogen-bond donors (Lipinski definition) is 0. The molecule has 0 aliphatic carbocycles. The summed E-state index contributed by atoms with van der Waals surface area (Å²) < 4.78 is 0. The van der Waals surface area contributed by atoms with Crippen molar-refractivity contribution in [2.24, 2.45) is 0 Å². The highest BCUT2D eigenvalue weighted by molar-refractivity contribution is 7.37. The summed E-state index contributed by atoms with van der Waals surface area (Å²) in [7, 11) is 1.04. The first-order valence-corrected chi connectivity index (χ1v) is 6.36. The Hall–Kier alpha value is -0.940. The molecule has 1 nitrogen and oxygen atoms in total. The molecule has 1 atom stereocenters. The highest BCUT2D eigenvalue weighted by Crippen LogP contribution is 2.20. The summed E-state index contributed by atoms with van der Waals surface area (Å²) in [5.74, 6) is 0. The van der Waals surface area contributed by atoms with E-state index in [2.05, 4.69) is 36.2 Å². The third-order valence-electron chi connectivity index (χ3n) is 2.25. The molecular weight excluding hydrogens is 189 g/mol. The zero-order valence-electron chi connectivity index (χ0n) is 8.33. The first-order valence-electron chi connectivity index (χ1n) is 4.94. The van der Waals surface area contributed by atoms with Crippen LogP contribution in [0.4, 0.5) is 0 Å². The number of fused-ring (bicyclic) bond motifs is 1. The van der Waals surface area contributed by atoms with Crippen LogP contribution in [0.15, 0.2) is 36.5 Å². The van der Waals surface area contributed by atoms with Crippen LogP contribution in [0.25, 0.3) is 10.9 Å². The van der Waals surface area contributed by atoms with Crippen LogP contribution in [-0.4, -0.2) is 11.1 Å². The van der Waals surface area contributed by atoms with Gasteiger partial charge in [0.15, 0.2) is 0 Å². The molecule has 1 aromatic carbocycles. The third-order valence-corrected chi connectivity index (χ3v) is 3.40. The molecule has 1 aromatic heterocycles. The Morgan fingerprint density at radius 3 is 3.07 bits per heavy atom. The van der Waals surface area contributed by atoms with Gasteiger partial charge in [-0.05, 0) is 36.1 Å².